The lowest BCUT2D eigenvalue weighted by molar-refractivity contribution is -0.107. The second-order valence-corrected chi connectivity index (χ2v) is 12.4. The molecule has 4 heteroatoms. The molecule has 3 nitrogen and oxygen atoms in total. The quantitative estimate of drug-likeness (QED) is 0.238. The van der Waals surface area contributed by atoms with Crippen LogP contribution in [0.3, 0.4) is 0 Å². The Kier molecular flexibility index (Phi) is 8.76. The van der Waals surface area contributed by atoms with Crippen molar-refractivity contribution in [1.29, 1.82) is 0 Å². The number of benzene rings is 3. The molecule has 35 heavy (non-hydrogen) atoms. The van der Waals surface area contributed by atoms with E-state index in [-0.39, 0.29) is 0 Å². The molecule has 3 unspecified atom stereocenters. The smallest absolute Gasteiger partial charge is 0.364 e. The van der Waals surface area contributed by atoms with Gasteiger partial charge in [0.2, 0.25) is 0 Å². The summed E-state index contributed by atoms with van der Waals surface area (Å²) >= 11 is 0. The number of hydrogen-bond acceptors (Lipinski definition) is 3. The van der Waals surface area contributed by atoms with E-state index < -0.39 is 25.6 Å². The summed E-state index contributed by atoms with van der Waals surface area (Å²) in [5.41, 5.74) is 1.76. The molecule has 0 amide bonds. The first-order valence-corrected chi connectivity index (χ1v) is 15.1. The molecule has 3 rings (SSSR count). The van der Waals surface area contributed by atoms with Crippen LogP contribution in [0, 0.1) is 0 Å². The van der Waals surface area contributed by atoms with Crippen LogP contribution in [-0.4, -0.2) is 8.80 Å². The maximum Gasteiger partial charge on any atom is 0.499 e. The van der Waals surface area contributed by atoms with Gasteiger partial charge in [0, 0.05) is 6.55 Å². The molecule has 0 aliphatic carbocycles. The molecule has 3 aromatic carbocycles. The van der Waals surface area contributed by atoms with Crippen LogP contribution < -0.4 is 0 Å². The van der Waals surface area contributed by atoms with E-state index >= 15 is 0 Å². The monoisotopic (exact) mass is 490 g/mol. The fraction of sp³-hybridized carbons (Fsp3) is 0.419. The average molecular weight is 491 g/mol. The molecular weight excluding hydrogens is 448 g/mol. The summed E-state index contributed by atoms with van der Waals surface area (Å²) < 4.78 is 21.3. The Labute approximate surface area is 213 Å². The van der Waals surface area contributed by atoms with Crippen molar-refractivity contribution < 1.29 is 13.3 Å². The van der Waals surface area contributed by atoms with Crippen LogP contribution in [0.2, 0.25) is 6.55 Å². The van der Waals surface area contributed by atoms with E-state index in [9.17, 15) is 0 Å². The van der Waals surface area contributed by atoms with Gasteiger partial charge in [0.15, 0.2) is 0 Å². The molecule has 0 aliphatic rings. The van der Waals surface area contributed by atoms with Crippen molar-refractivity contribution in [2.45, 2.75) is 84.2 Å². The summed E-state index contributed by atoms with van der Waals surface area (Å²) in [4.78, 5) is 0. The van der Waals surface area contributed by atoms with E-state index in [2.05, 4.69) is 121 Å². The number of hydrogen-bond donors (Lipinski definition) is 0. The van der Waals surface area contributed by atoms with Gasteiger partial charge in [-0.05, 0) is 56.7 Å². The van der Waals surface area contributed by atoms with Gasteiger partial charge in [0.05, 0.1) is 16.8 Å². The molecule has 0 N–H and O–H groups in total. The van der Waals surface area contributed by atoms with E-state index in [1.54, 1.807) is 0 Å². The number of rotatable bonds is 12. The van der Waals surface area contributed by atoms with Crippen molar-refractivity contribution in [2.75, 3.05) is 0 Å². The van der Waals surface area contributed by atoms with Crippen LogP contribution in [0.15, 0.2) is 91.0 Å². The summed E-state index contributed by atoms with van der Waals surface area (Å²) in [6, 6.07) is 31.3. The first kappa shape index (κ1) is 27.3. The van der Waals surface area contributed by atoms with Crippen molar-refractivity contribution in [2.24, 2.45) is 0 Å². The Morgan fingerprint density at radius 1 is 0.486 bits per heavy atom. The molecule has 0 aliphatic heterocycles. The van der Waals surface area contributed by atoms with Gasteiger partial charge in [-0.3, -0.25) is 0 Å². The van der Waals surface area contributed by atoms with Gasteiger partial charge >= 0.3 is 8.80 Å². The molecule has 0 saturated heterocycles. The third-order valence-corrected chi connectivity index (χ3v) is 9.87. The molecule has 0 aromatic heterocycles. The topological polar surface area (TPSA) is 27.7 Å². The molecule has 3 atom stereocenters. The minimum atomic E-state index is -3.27. The Hall–Kier alpha value is -2.24. The molecule has 0 heterocycles. The van der Waals surface area contributed by atoms with Gasteiger partial charge in [-0.2, -0.15) is 0 Å². The van der Waals surface area contributed by atoms with E-state index in [4.69, 9.17) is 13.3 Å². The Morgan fingerprint density at radius 2 is 0.714 bits per heavy atom. The maximum atomic E-state index is 7.09. The summed E-state index contributed by atoms with van der Waals surface area (Å²) in [7, 11) is -3.27. The third-order valence-electron chi connectivity index (χ3n) is 7.41. The van der Waals surface area contributed by atoms with E-state index in [0.29, 0.717) is 0 Å². The molecule has 3 aromatic rings. The largest absolute Gasteiger partial charge is 0.499 e. The summed E-state index contributed by atoms with van der Waals surface area (Å²) in [5, 5.41) is 0. The standard InChI is InChI=1S/C31H42O3Si/c1-8-29(4,26-20-14-11-15-21-26)32-35(7,33-30(5,9-2)27-22-16-12-17-23-27)34-31(6,10-3)28-24-18-13-19-25-28/h11-25H,8-10H2,1-7H3. The van der Waals surface area contributed by atoms with Gasteiger partial charge in [0.25, 0.3) is 0 Å². The van der Waals surface area contributed by atoms with E-state index in [1.165, 1.54) is 0 Å². The highest BCUT2D eigenvalue weighted by atomic mass is 28.4. The summed E-state index contributed by atoms with van der Waals surface area (Å²) in [6.45, 7) is 15.0. The van der Waals surface area contributed by atoms with Gasteiger partial charge in [-0.15, -0.1) is 0 Å². The molecule has 0 bridgehead atoms. The zero-order chi connectivity index (χ0) is 25.6. The first-order valence-electron chi connectivity index (χ1n) is 12.9. The first-order chi connectivity index (χ1) is 16.6. The highest BCUT2D eigenvalue weighted by molar-refractivity contribution is 6.59. The highest BCUT2D eigenvalue weighted by Gasteiger charge is 2.51. The second-order valence-electron chi connectivity index (χ2n) is 10.0. The molecule has 0 spiro atoms. The van der Waals surface area contributed by atoms with Crippen molar-refractivity contribution in [3.8, 4) is 0 Å². The minimum absolute atomic E-state index is 0.543. The summed E-state index contributed by atoms with van der Waals surface area (Å²) in [6.07, 6.45) is 2.40. The normalized spacial score (nSPS) is 18.6. The fourth-order valence-electron chi connectivity index (χ4n) is 4.67. The van der Waals surface area contributed by atoms with Crippen LogP contribution >= 0.6 is 0 Å². The average Bonchev–Trinajstić information content (AvgIpc) is 2.89. The van der Waals surface area contributed by atoms with Crippen molar-refractivity contribution in [3.63, 3.8) is 0 Å². The van der Waals surface area contributed by atoms with Gasteiger partial charge < -0.3 is 13.3 Å². The molecule has 0 radical (unpaired) electrons. The zero-order valence-electron chi connectivity index (χ0n) is 22.5. The Balaban J connectivity index is 2.08. The minimum Gasteiger partial charge on any atom is -0.364 e. The second kappa shape index (κ2) is 11.2. The van der Waals surface area contributed by atoms with Crippen molar-refractivity contribution >= 4 is 8.80 Å². The van der Waals surface area contributed by atoms with Crippen LogP contribution in [0.25, 0.3) is 0 Å². The Bertz CT molecular complexity index is 908. The van der Waals surface area contributed by atoms with Gasteiger partial charge in [-0.1, -0.05) is 112 Å². The molecule has 0 saturated carbocycles. The highest BCUT2D eigenvalue weighted by Crippen LogP contribution is 2.42. The van der Waals surface area contributed by atoms with Crippen molar-refractivity contribution in [1.82, 2.24) is 0 Å². The SMILES string of the molecule is CCC(C)(O[Si](C)(OC(C)(CC)c1ccccc1)OC(C)(CC)c1ccccc1)c1ccccc1. The fourth-order valence-corrected chi connectivity index (χ4v) is 8.03. The van der Waals surface area contributed by atoms with Crippen LogP contribution in [0.1, 0.15) is 77.5 Å². The lowest BCUT2D eigenvalue weighted by Crippen LogP contribution is -2.56. The van der Waals surface area contributed by atoms with Crippen LogP contribution in [0.4, 0.5) is 0 Å². The van der Waals surface area contributed by atoms with E-state index in [0.717, 1.165) is 36.0 Å². The van der Waals surface area contributed by atoms with E-state index in [1.807, 2.05) is 18.2 Å². The lowest BCUT2D eigenvalue weighted by atomic mass is 9.94. The van der Waals surface area contributed by atoms with Crippen molar-refractivity contribution in [3.05, 3.63) is 108 Å². The third kappa shape index (κ3) is 6.31. The maximum absolute atomic E-state index is 7.09. The summed E-state index contributed by atoms with van der Waals surface area (Å²) in [5.74, 6) is 0. The Morgan fingerprint density at radius 3 is 0.914 bits per heavy atom. The predicted octanol–water partition coefficient (Wildman–Crippen LogP) is 8.58. The van der Waals surface area contributed by atoms with Gasteiger partial charge in [0.1, 0.15) is 0 Å². The lowest BCUT2D eigenvalue weighted by Gasteiger charge is -2.46. The van der Waals surface area contributed by atoms with Crippen LogP contribution in [-0.2, 0) is 30.1 Å². The van der Waals surface area contributed by atoms with Gasteiger partial charge in [-0.25, -0.2) is 0 Å². The molecule has 188 valence electrons. The molecule has 0 fully saturated rings. The molecular formula is C31H42O3Si. The predicted molar refractivity (Wildman–Crippen MR) is 147 cm³/mol. The zero-order valence-corrected chi connectivity index (χ0v) is 23.5. The van der Waals surface area contributed by atoms with Crippen LogP contribution in [0.5, 0.6) is 0 Å².